The third-order valence-electron chi connectivity index (χ3n) is 4.78. The van der Waals surface area contributed by atoms with Crippen LogP contribution in [-0.4, -0.2) is 12.4 Å². The minimum Gasteiger partial charge on any atom is -0.358 e. The number of ketones is 1. The SMILES string of the molecule is CCCCCOC1(C(C)=O)c2ccccc2-c2cccc(C)c21. The molecule has 1 unspecified atom stereocenters. The second kappa shape index (κ2) is 6.29. The zero-order valence-corrected chi connectivity index (χ0v) is 14.2. The van der Waals surface area contributed by atoms with E-state index in [1.807, 2.05) is 18.2 Å². The fourth-order valence-corrected chi connectivity index (χ4v) is 3.71. The Hall–Kier alpha value is -1.93. The van der Waals surface area contributed by atoms with Gasteiger partial charge in [-0.15, -0.1) is 0 Å². The fourth-order valence-electron chi connectivity index (χ4n) is 3.71. The molecule has 2 heteroatoms. The summed E-state index contributed by atoms with van der Waals surface area (Å²) in [6.45, 7) is 6.50. The van der Waals surface area contributed by atoms with Crippen LogP contribution in [0.15, 0.2) is 42.5 Å². The average Bonchev–Trinajstić information content (AvgIpc) is 2.85. The number of unbranched alkanes of at least 4 members (excludes halogenated alkanes) is 2. The number of fused-ring (bicyclic) bond motifs is 3. The normalized spacial score (nSPS) is 18.6. The number of hydrogen-bond donors (Lipinski definition) is 0. The van der Waals surface area contributed by atoms with Gasteiger partial charge >= 0.3 is 0 Å². The molecule has 0 N–H and O–H groups in total. The Morgan fingerprint density at radius 1 is 1.04 bits per heavy atom. The summed E-state index contributed by atoms with van der Waals surface area (Å²) in [5.41, 5.74) is 4.46. The molecule has 0 heterocycles. The summed E-state index contributed by atoms with van der Waals surface area (Å²) in [6, 6.07) is 14.4. The van der Waals surface area contributed by atoms with Crippen molar-refractivity contribution in [2.45, 2.75) is 45.6 Å². The molecule has 23 heavy (non-hydrogen) atoms. The van der Waals surface area contributed by atoms with Gasteiger partial charge in [0, 0.05) is 17.7 Å². The molecule has 0 saturated carbocycles. The first-order valence-corrected chi connectivity index (χ1v) is 8.48. The number of hydrogen-bond acceptors (Lipinski definition) is 2. The molecule has 2 aromatic carbocycles. The highest BCUT2D eigenvalue weighted by Crippen LogP contribution is 2.51. The second-order valence-corrected chi connectivity index (χ2v) is 6.34. The quantitative estimate of drug-likeness (QED) is 0.701. The molecule has 1 aliphatic rings. The highest BCUT2D eigenvalue weighted by Gasteiger charge is 2.48. The van der Waals surface area contributed by atoms with Gasteiger partial charge in [0.15, 0.2) is 11.4 Å². The van der Waals surface area contributed by atoms with Gasteiger partial charge in [0.2, 0.25) is 0 Å². The van der Waals surface area contributed by atoms with E-state index in [-0.39, 0.29) is 5.78 Å². The molecule has 1 atom stereocenters. The van der Waals surface area contributed by atoms with E-state index in [0.717, 1.165) is 47.1 Å². The minimum atomic E-state index is -0.939. The van der Waals surface area contributed by atoms with E-state index in [0.29, 0.717) is 6.61 Å². The molecule has 0 fully saturated rings. The molecule has 0 spiro atoms. The van der Waals surface area contributed by atoms with Crippen LogP contribution in [-0.2, 0) is 15.1 Å². The zero-order valence-electron chi connectivity index (χ0n) is 14.2. The molecule has 120 valence electrons. The van der Waals surface area contributed by atoms with Crippen LogP contribution in [0.2, 0.25) is 0 Å². The summed E-state index contributed by atoms with van der Waals surface area (Å²) in [7, 11) is 0. The highest BCUT2D eigenvalue weighted by atomic mass is 16.5. The maximum Gasteiger partial charge on any atom is 0.177 e. The molecule has 2 nitrogen and oxygen atoms in total. The molecular formula is C21H24O2. The smallest absolute Gasteiger partial charge is 0.177 e. The lowest BCUT2D eigenvalue weighted by Crippen LogP contribution is -2.37. The first-order chi connectivity index (χ1) is 11.1. The van der Waals surface area contributed by atoms with Crippen LogP contribution in [0.5, 0.6) is 0 Å². The monoisotopic (exact) mass is 308 g/mol. The largest absolute Gasteiger partial charge is 0.358 e. The van der Waals surface area contributed by atoms with E-state index < -0.39 is 5.60 Å². The molecule has 2 aromatic rings. The Bertz CT molecular complexity index is 732. The highest BCUT2D eigenvalue weighted by molar-refractivity contribution is 5.99. The van der Waals surface area contributed by atoms with Gasteiger partial charge in [-0.2, -0.15) is 0 Å². The number of Topliss-reactive ketones (excluding diaryl/α,β-unsaturated/α-hetero) is 1. The van der Waals surface area contributed by atoms with Crippen molar-refractivity contribution in [1.29, 1.82) is 0 Å². The maximum atomic E-state index is 12.8. The van der Waals surface area contributed by atoms with Crippen molar-refractivity contribution in [1.82, 2.24) is 0 Å². The van der Waals surface area contributed by atoms with Gasteiger partial charge in [-0.1, -0.05) is 62.2 Å². The first-order valence-electron chi connectivity index (χ1n) is 8.48. The van der Waals surface area contributed by atoms with Gasteiger partial charge in [-0.3, -0.25) is 4.79 Å². The number of ether oxygens (including phenoxy) is 1. The van der Waals surface area contributed by atoms with Crippen molar-refractivity contribution in [3.8, 4) is 11.1 Å². The lowest BCUT2D eigenvalue weighted by molar-refractivity contribution is -0.138. The van der Waals surface area contributed by atoms with Crippen molar-refractivity contribution in [2.75, 3.05) is 6.61 Å². The van der Waals surface area contributed by atoms with Crippen molar-refractivity contribution < 1.29 is 9.53 Å². The molecule has 1 aliphatic carbocycles. The van der Waals surface area contributed by atoms with E-state index in [1.54, 1.807) is 6.92 Å². The van der Waals surface area contributed by atoms with Crippen LogP contribution in [0, 0.1) is 6.92 Å². The van der Waals surface area contributed by atoms with E-state index in [1.165, 1.54) is 0 Å². The molecule has 0 aliphatic heterocycles. The summed E-state index contributed by atoms with van der Waals surface area (Å²) >= 11 is 0. The van der Waals surface area contributed by atoms with Crippen molar-refractivity contribution in [3.05, 3.63) is 59.2 Å². The average molecular weight is 308 g/mol. The van der Waals surface area contributed by atoms with Crippen molar-refractivity contribution in [3.63, 3.8) is 0 Å². The van der Waals surface area contributed by atoms with Crippen LogP contribution in [0.3, 0.4) is 0 Å². The summed E-state index contributed by atoms with van der Waals surface area (Å²) in [4.78, 5) is 12.8. The minimum absolute atomic E-state index is 0.0644. The number of aryl methyl sites for hydroxylation is 1. The number of benzene rings is 2. The van der Waals surface area contributed by atoms with Crippen LogP contribution in [0.1, 0.15) is 49.8 Å². The molecule has 3 rings (SSSR count). The second-order valence-electron chi connectivity index (χ2n) is 6.34. The molecule has 0 radical (unpaired) electrons. The third-order valence-corrected chi connectivity index (χ3v) is 4.78. The standard InChI is InChI=1S/C21H24O2/c1-4-5-8-14-23-21(16(3)22)19-13-7-6-11-17(19)18-12-9-10-15(2)20(18)21/h6-7,9-13H,4-5,8,14H2,1-3H3. The topological polar surface area (TPSA) is 26.3 Å². The van der Waals surface area contributed by atoms with Crippen LogP contribution in [0.25, 0.3) is 11.1 Å². The van der Waals surface area contributed by atoms with Crippen LogP contribution in [0.4, 0.5) is 0 Å². The van der Waals surface area contributed by atoms with E-state index >= 15 is 0 Å². The Balaban J connectivity index is 2.16. The number of carbonyl (C=O) groups is 1. The maximum absolute atomic E-state index is 12.8. The lowest BCUT2D eigenvalue weighted by Gasteiger charge is -2.30. The molecule has 0 amide bonds. The molecule has 0 aromatic heterocycles. The predicted octanol–water partition coefficient (Wildman–Crippen LogP) is 5.01. The Labute approximate surface area is 138 Å². The molecule has 0 saturated heterocycles. The number of carbonyl (C=O) groups excluding carboxylic acids is 1. The lowest BCUT2D eigenvalue weighted by atomic mass is 9.85. The fraction of sp³-hybridized carbons (Fsp3) is 0.381. The van der Waals surface area contributed by atoms with Gasteiger partial charge < -0.3 is 4.74 Å². The first kappa shape index (κ1) is 15.9. The van der Waals surface area contributed by atoms with E-state index in [4.69, 9.17) is 4.74 Å². The Morgan fingerprint density at radius 3 is 2.52 bits per heavy atom. The van der Waals surface area contributed by atoms with Gasteiger partial charge in [0.25, 0.3) is 0 Å². The van der Waals surface area contributed by atoms with Crippen molar-refractivity contribution in [2.24, 2.45) is 0 Å². The van der Waals surface area contributed by atoms with Gasteiger partial charge in [0.1, 0.15) is 0 Å². The van der Waals surface area contributed by atoms with Gasteiger partial charge in [-0.05, 0) is 37.0 Å². The van der Waals surface area contributed by atoms with Gasteiger partial charge in [0.05, 0.1) is 0 Å². The molecular weight excluding hydrogens is 284 g/mol. The van der Waals surface area contributed by atoms with Crippen LogP contribution < -0.4 is 0 Å². The molecule has 0 bridgehead atoms. The Kier molecular flexibility index (Phi) is 4.36. The van der Waals surface area contributed by atoms with E-state index in [2.05, 4.69) is 38.1 Å². The van der Waals surface area contributed by atoms with Crippen LogP contribution >= 0.6 is 0 Å². The van der Waals surface area contributed by atoms with Gasteiger partial charge in [-0.25, -0.2) is 0 Å². The van der Waals surface area contributed by atoms with Crippen molar-refractivity contribution >= 4 is 5.78 Å². The summed E-state index contributed by atoms with van der Waals surface area (Å²) in [5.74, 6) is 0.0644. The summed E-state index contributed by atoms with van der Waals surface area (Å²) in [6.07, 6.45) is 3.24. The number of rotatable bonds is 6. The summed E-state index contributed by atoms with van der Waals surface area (Å²) in [5, 5.41) is 0. The summed E-state index contributed by atoms with van der Waals surface area (Å²) < 4.78 is 6.34. The predicted molar refractivity (Wildman–Crippen MR) is 93.6 cm³/mol. The Morgan fingerprint density at radius 2 is 1.78 bits per heavy atom. The zero-order chi connectivity index (χ0) is 16.4. The third kappa shape index (κ3) is 2.42. The van der Waals surface area contributed by atoms with E-state index in [9.17, 15) is 4.79 Å².